The summed E-state index contributed by atoms with van der Waals surface area (Å²) in [6.45, 7) is 2.52. The molecule has 3 aliphatic heterocycles. The normalized spacial score (nSPS) is 45.0. The van der Waals surface area contributed by atoms with Crippen LogP contribution < -0.4 is 5.32 Å². The van der Waals surface area contributed by atoms with E-state index in [1.165, 1.54) is 25.9 Å². The molecular formula is C6H11NS. The molecule has 3 aliphatic rings. The maximum atomic E-state index is 3.42. The minimum atomic E-state index is 0.975. The Bertz CT molecular complexity index is 73.0. The van der Waals surface area contributed by atoms with Gasteiger partial charge >= 0.3 is 0 Å². The van der Waals surface area contributed by atoms with Crippen LogP contribution in [0.1, 0.15) is 12.8 Å². The fraction of sp³-hybridized carbons (Fsp3) is 1.00. The van der Waals surface area contributed by atoms with E-state index in [1.54, 1.807) is 0 Å². The molecule has 0 radical (unpaired) electrons. The Morgan fingerprint density at radius 1 is 1.38 bits per heavy atom. The molecule has 3 heterocycles. The highest BCUT2D eigenvalue weighted by molar-refractivity contribution is 8.01. The first-order valence-electron chi connectivity index (χ1n) is 3.31. The van der Waals surface area contributed by atoms with Gasteiger partial charge in [0.2, 0.25) is 0 Å². The summed E-state index contributed by atoms with van der Waals surface area (Å²) in [5.41, 5.74) is 0. The minimum absolute atomic E-state index is 0.975. The highest BCUT2D eigenvalue weighted by atomic mass is 32.2. The molecule has 2 bridgehead atoms. The molecular weight excluding hydrogens is 118 g/mol. The van der Waals surface area contributed by atoms with Gasteiger partial charge in [0.1, 0.15) is 0 Å². The summed E-state index contributed by atoms with van der Waals surface area (Å²) in [5, 5.41) is 5.42. The second kappa shape index (κ2) is 1.92. The number of nitrogens with one attached hydrogen (secondary N) is 1. The van der Waals surface area contributed by atoms with Crippen LogP contribution in [0.15, 0.2) is 0 Å². The molecule has 2 atom stereocenters. The molecule has 0 aliphatic carbocycles. The van der Waals surface area contributed by atoms with E-state index in [0.717, 1.165) is 10.5 Å². The predicted molar refractivity (Wildman–Crippen MR) is 37.3 cm³/mol. The van der Waals surface area contributed by atoms with Crippen LogP contribution in [-0.2, 0) is 0 Å². The lowest BCUT2D eigenvalue weighted by Crippen LogP contribution is -2.28. The van der Waals surface area contributed by atoms with Gasteiger partial charge in [-0.1, -0.05) is 0 Å². The monoisotopic (exact) mass is 129 g/mol. The standard InChI is InChI=1S/C6H11NS/c1-2-7-4-6-3-5(1)8-6/h5-7H,1-4H2. The quantitative estimate of drug-likeness (QED) is 0.520. The predicted octanol–water partition coefficient (Wildman–Crippen LogP) is 0.854. The average Bonchev–Trinajstić information content (AvgIpc) is 1.89. The Balaban J connectivity index is 1.95. The molecule has 2 heteroatoms. The first kappa shape index (κ1) is 5.12. The van der Waals surface area contributed by atoms with Crippen molar-refractivity contribution in [3.63, 3.8) is 0 Å². The summed E-state index contributed by atoms with van der Waals surface area (Å²) < 4.78 is 0. The molecule has 8 heavy (non-hydrogen) atoms. The highest BCUT2D eigenvalue weighted by Crippen LogP contribution is 2.39. The summed E-state index contributed by atoms with van der Waals surface area (Å²) in [7, 11) is 0. The minimum Gasteiger partial charge on any atom is -0.316 e. The van der Waals surface area contributed by atoms with Crippen molar-refractivity contribution in [3.05, 3.63) is 0 Å². The Labute approximate surface area is 54.2 Å². The van der Waals surface area contributed by atoms with Crippen molar-refractivity contribution in [2.45, 2.75) is 23.3 Å². The zero-order valence-electron chi connectivity index (χ0n) is 4.89. The average molecular weight is 129 g/mol. The number of fused-ring (bicyclic) bond motifs is 3. The molecule has 0 spiro atoms. The molecule has 0 aromatic rings. The molecule has 1 nitrogen and oxygen atoms in total. The van der Waals surface area contributed by atoms with Crippen LogP contribution in [0.5, 0.6) is 0 Å². The van der Waals surface area contributed by atoms with Gasteiger partial charge in [0.15, 0.2) is 0 Å². The Hall–Kier alpha value is 0.310. The van der Waals surface area contributed by atoms with E-state index in [4.69, 9.17) is 0 Å². The van der Waals surface area contributed by atoms with E-state index in [9.17, 15) is 0 Å². The van der Waals surface area contributed by atoms with Gasteiger partial charge in [-0.05, 0) is 19.4 Å². The fourth-order valence-electron chi connectivity index (χ4n) is 1.40. The summed E-state index contributed by atoms with van der Waals surface area (Å²) in [5.74, 6) is 0. The van der Waals surface area contributed by atoms with Crippen LogP contribution >= 0.6 is 11.8 Å². The smallest absolute Gasteiger partial charge is 0.0185 e. The third kappa shape index (κ3) is 0.759. The zero-order valence-corrected chi connectivity index (χ0v) is 5.71. The summed E-state index contributed by atoms with van der Waals surface area (Å²) in [6, 6.07) is 0. The SMILES string of the molecule is C1CC2CC(CN1)S2. The summed E-state index contributed by atoms with van der Waals surface area (Å²) in [4.78, 5) is 0. The van der Waals surface area contributed by atoms with Gasteiger partial charge < -0.3 is 5.32 Å². The number of rotatable bonds is 0. The number of hydrogen-bond acceptors (Lipinski definition) is 2. The Kier molecular flexibility index (Phi) is 1.23. The topological polar surface area (TPSA) is 12.0 Å². The Morgan fingerprint density at radius 3 is 3.12 bits per heavy atom. The van der Waals surface area contributed by atoms with Crippen LogP contribution in [0.4, 0.5) is 0 Å². The van der Waals surface area contributed by atoms with E-state index in [-0.39, 0.29) is 0 Å². The van der Waals surface area contributed by atoms with Crippen LogP contribution in [0, 0.1) is 0 Å². The van der Waals surface area contributed by atoms with E-state index < -0.39 is 0 Å². The van der Waals surface area contributed by atoms with Crippen LogP contribution in [0.3, 0.4) is 0 Å². The van der Waals surface area contributed by atoms with Crippen molar-refractivity contribution in [2.24, 2.45) is 0 Å². The molecule has 3 rings (SSSR count). The molecule has 0 saturated carbocycles. The molecule has 0 aromatic carbocycles. The fourth-order valence-corrected chi connectivity index (χ4v) is 2.74. The molecule has 3 fully saturated rings. The number of thioether (sulfide) groups is 1. The largest absolute Gasteiger partial charge is 0.316 e. The van der Waals surface area contributed by atoms with Crippen molar-refractivity contribution in [1.82, 2.24) is 5.32 Å². The third-order valence-electron chi connectivity index (χ3n) is 1.93. The van der Waals surface area contributed by atoms with Crippen molar-refractivity contribution < 1.29 is 0 Å². The van der Waals surface area contributed by atoms with Gasteiger partial charge in [0.25, 0.3) is 0 Å². The Morgan fingerprint density at radius 2 is 2.25 bits per heavy atom. The van der Waals surface area contributed by atoms with E-state index in [2.05, 4.69) is 17.1 Å². The maximum Gasteiger partial charge on any atom is 0.0185 e. The lowest BCUT2D eigenvalue weighted by Gasteiger charge is -2.30. The van der Waals surface area contributed by atoms with Crippen molar-refractivity contribution in [3.8, 4) is 0 Å². The van der Waals surface area contributed by atoms with Crippen LogP contribution in [0.25, 0.3) is 0 Å². The summed E-state index contributed by atoms with van der Waals surface area (Å²) in [6.07, 6.45) is 2.89. The van der Waals surface area contributed by atoms with Crippen molar-refractivity contribution >= 4 is 11.8 Å². The van der Waals surface area contributed by atoms with Gasteiger partial charge in [-0.15, -0.1) is 0 Å². The number of hydrogen-bond donors (Lipinski definition) is 1. The van der Waals surface area contributed by atoms with Gasteiger partial charge in [0, 0.05) is 17.0 Å². The second-order valence-corrected chi connectivity index (χ2v) is 4.21. The second-order valence-electron chi connectivity index (χ2n) is 2.61. The zero-order chi connectivity index (χ0) is 5.40. The summed E-state index contributed by atoms with van der Waals surface area (Å²) >= 11 is 2.17. The van der Waals surface area contributed by atoms with E-state index in [0.29, 0.717) is 0 Å². The molecule has 1 N–H and O–H groups in total. The van der Waals surface area contributed by atoms with E-state index in [1.807, 2.05) is 0 Å². The van der Waals surface area contributed by atoms with Gasteiger partial charge in [-0.25, -0.2) is 0 Å². The molecule has 0 amide bonds. The first-order chi connectivity index (χ1) is 3.95. The maximum absolute atomic E-state index is 3.42. The molecule has 46 valence electrons. The highest BCUT2D eigenvalue weighted by Gasteiger charge is 2.31. The lowest BCUT2D eigenvalue weighted by molar-refractivity contribution is 0.694. The van der Waals surface area contributed by atoms with Crippen molar-refractivity contribution in [2.75, 3.05) is 13.1 Å². The van der Waals surface area contributed by atoms with Crippen molar-refractivity contribution in [1.29, 1.82) is 0 Å². The van der Waals surface area contributed by atoms with Gasteiger partial charge in [-0.2, -0.15) is 11.8 Å². The van der Waals surface area contributed by atoms with Gasteiger partial charge in [-0.3, -0.25) is 0 Å². The van der Waals surface area contributed by atoms with Crippen LogP contribution in [-0.4, -0.2) is 23.6 Å². The first-order valence-corrected chi connectivity index (χ1v) is 4.25. The molecule has 2 unspecified atom stereocenters. The van der Waals surface area contributed by atoms with E-state index >= 15 is 0 Å². The molecule has 3 saturated heterocycles. The van der Waals surface area contributed by atoms with Crippen LogP contribution in [0.2, 0.25) is 0 Å². The van der Waals surface area contributed by atoms with Gasteiger partial charge in [0.05, 0.1) is 0 Å². The third-order valence-corrected chi connectivity index (χ3v) is 3.48. The lowest BCUT2D eigenvalue weighted by atomic mass is 10.2. The molecule has 0 aromatic heterocycles.